The van der Waals surface area contributed by atoms with Crippen LogP contribution < -0.4 is 0 Å². The van der Waals surface area contributed by atoms with Gasteiger partial charge in [0.2, 0.25) is 0 Å². The maximum atomic E-state index is 12.2. The number of hydrogen-bond acceptors (Lipinski definition) is 2. The predicted octanol–water partition coefficient (Wildman–Crippen LogP) is 3.02. The minimum Gasteiger partial charge on any atom is -0.380 e. The highest BCUT2D eigenvalue weighted by atomic mass is 35.5. The summed E-state index contributed by atoms with van der Waals surface area (Å²) in [6.07, 6.45) is 2.95. The molecule has 3 atom stereocenters. The highest BCUT2D eigenvalue weighted by Gasteiger charge is 2.40. The van der Waals surface area contributed by atoms with Crippen LogP contribution in [-0.4, -0.2) is 24.4 Å². The van der Waals surface area contributed by atoms with Crippen molar-refractivity contribution in [2.24, 2.45) is 11.3 Å². The molecule has 0 aromatic rings. The Morgan fingerprint density at radius 3 is 2.40 bits per heavy atom. The molecule has 0 N–H and O–H groups in total. The van der Waals surface area contributed by atoms with Gasteiger partial charge >= 0.3 is 0 Å². The molecule has 0 radical (unpaired) electrons. The zero-order valence-electron chi connectivity index (χ0n) is 10.0. The maximum Gasteiger partial charge on any atom is 0.142 e. The highest BCUT2D eigenvalue weighted by molar-refractivity contribution is 6.22. The van der Waals surface area contributed by atoms with Gasteiger partial charge in [0.05, 0.1) is 11.5 Å². The second kappa shape index (κ2) is 4.84. The van der Waals surface area contributed by atoms with Gasteiger partial charge in [-0.15, -0.1) is 11.6 Å². The molecule has 15 heavy (non-hydrogen) atoms. The average Bonchev–Trinajstić information content (AvgIpc) is 2.16. The lowest BCUT2D eigenvalue weighted by molar-refractivity contribution is -0.132. The second-order valence-electron chi connectivity index (χ2n) is 5.37. The third-order valence-electron chi connectivity index (χ3n) is 3.12. The van der Waals surface area contributed by atoms with Gasteiger partial charge in [0.15, 0.2) is 0 Å². The fourth-order valence-corrected chi connectivity index (χ4v) is 2.67. The Kier molecular flexibility index (Phi) is 4.19. The van der Waals surface area contributed by atoms with E-state index in [0.29, 0.717) is 0 Å². The van der Waals surface area contributed by atoms with Crippen molar-refractivity contribution < 1.29 is 9.53 Å². The first-order valence-electron chi connectivity index (χ1n) is 5.59. The van der Waals surface area contributed by atoms with Crippen LogP contribution in [0, 0.1) is 11.3 Å². The van der Waals surface area contributed by atoms with E-state index in [1.165, 1.54) is 0 Å². The van der Waals surface area contributed by atoms with E-state index in [0.717, 1.165) is 19.3 Å². The second-order valence-corrected chi connectivity index (χ2v) is 5.87. The van der Waals surface area contributed by atoms with Gasteiger partial charge < -0.3 is 4.74 Å². The van der Waals surface area contributed by atoms with Crippen molar-refractivity contribution in [1.82, 2.24) is 0 Å². The summed E-state index contributed by atoms with van der Waals surface area (Å²) in [6, 6.07) is 0. The molecule has 2 nitrogen and oxygen atoms in total. The van der Waals surface area contributed by atoms with Gasteiger partial charge in [-0.3, -0.25) is 4.79 Å². The number of carbonyl (C=O) groups is 1. The number of Topliss-reactive ketones (excluding diaryl/α,β-unsaturated/α-hetero) is 1. The van der Waals surface area contributed by atoms with Crippen LogP contribution in [0.1, 0.15) is 40.0 Å². The van der Waals surface area contributed by atoms with Crippen LogP contribution in [0.3, 0.4) is 0 Å². The summed E-state index contributed by atoms with van der Waals surface area (Å²) < 4.78 is 5.31. The molecule has 0 spiro atoms. The number of ketones is 1. The number of methoxy groups -OCH3 is 1. The Morgan fingerprint density at radius 2 is 1.93 bits per heavy atom. The summed E-state index contributed by atoms with van der Waals surface area (Å²) in [5.41, 5.74) is -0.298. The molecule has 0 saturated heterocycles. The van der Waals surface area contributed by atoms with Crippen LogP contribution in [0.2, 0.25) is 0 Å². The molecule has 88 valence electrons. The first-order valence-corrected chi connectivity index (χ1v) is 6.02. The van der Waals surface area contributed by atoms with Crippen molar-refractivity contribution in [2.45, 2.75) is 51.5 Å². The molecule has 0 amide bonds. The van der Waals surface area contributed by atoms with Crippen LogP contribution in [0.4, 0.5) is 0 Å². The summed E-state index contributed by atoms with van der Waals surface area (Å²) in [5.74, 6) is 0.231. The SMILES string of the molecule is COC1CCCC(C(=O)C(C)(C)C)C1Cl. The number of carbonyl (C=O) groups excluding carboxylic acids is 1. The van der Waals surface area contributed by atoms with Crippen molar-refractivity contribution in [1.29, 1.82) is 0 Å². The minimum absolute atomic E-state index is 0.0367. The Bertz CT molecular complexity index is 232. The molecule has 3 unspecified atom stereocenters. The monoisotopic (exact) mass is 232 g/mol. The van der Waals surface area contributed by atoms with Gasteiger partial charge in [-0.1, -0.05) is 27.2 Å². The number of alkyl halides is 1. The van der Waals surface area contributed by atoms with Crippen LogP contribution >= 0.6 is 11.6 Å². The molecule has 0 heterocycles. The lowest BCUT2D eigenvalue weighted by Gasteiger charge is -2.35. The first-order chi connectivity index (χ1) is 6.88. The van der Waals surface area contributed by atoms with Crippen molar-refractivity contribution in [3.8, 4) is 0 Å². The zero-order chi connectivity index (χ0) is 11.6. The molecule has 1 saturated carbocycles. The molecule has 0 bridgehead atoms. The molecular formula is C12H21ClO2. The van der Waals surface area contributed by atoms with Crippen LogP contribution in [-0.2, 0) is 9.53 Å². The molecule has 1 rings (SSSR count). The molecule has 1 fully saturated rings. The molecule has 1 aliphatic carbocycles. The van der Waals surface area contributed by atoms with Crippen molar-refractivity contribution in [3.05, 3.63) is 0 Å². The lowest BCUT2D eigenvalue weighted by Crippen LogP contribution is -2.42. The van der Waals surface area contributed by atoms with Crippen molar-refractivity contribution >= 4 is 17.4 Å². The van der Waals surface area contributed by atoms with E-state index in [1.54, 1.807) is 7.11 Å². The minimum atomic E-state index is -0.298. The van der Waals surface area contributed by atoms with Gasteiger partial charge in [-0.2, -0.15) is 0 Å². The summed E-state index contributed by atoms with van der Waals surface area (Å²) in [7, 11) is 1.67. The van der Waals surface area contributed by atoms with E-state index in [-0.39, 0.29) is 28.6 Å². The van der Waals surface area contributed by atoms with Crippen LogP contribution in [0.25, 0.3) is 0 Å². The van der Waals surface area contributed by atoms with Crippen LogP contribution in [0.15, 0.2) is 0 Å². The average molecular weight is 233 g/mol. The molecular weight excluding hydrogens is 212 g/mol. The number of hydrogen-bond donors (Lipinski definition) is 0. The van der Waals surface area contributed by atoms with E-state index in [1.807, 2.05) is 20.8 Å². The smallest absolute Gasteiger partial charge is 0.142 e. The topological polar surface area (TPSA) is 26.3 Å². The number of ether oxygens (including phenoxy) is 1. The standard InChI is InChI=1S/C12H21ClO2/c1-12(2,3)11(14)8-6-5-7-9(15-4)10(8)13/h8-10H,5-7H2,1-4H3. The lowest BCUT2D eigenvalue weighted by atomic mass is 9.75. The largest absolute Gasteiger partial charge is 0.380 e. The van der Waals surface area contributed by atoms with Gasteiger partial charge in [-0.25, -0.2) is 0 Å². The Balaban J connectivity index is 2.73. The highest BCUT2D eigenvalue weighted by Crippen LogP contribution is 2.35. The zero-order valence-corrected chi connectivity index (χ0v) is 10.8. The van der Waals surface area contributed by atoms with Gasteiger partial charge in [0.1, 0.15) is 5.78 Å². The predicted molar refractivity (Wildman–Crippen MR) is 62.2 cm³/mol. The maximum absolute atomic E-state index is 12.2. The number of rotatable bonds is 2. The Morgan fingerprint density at radius 1 is 1.33 bits per heavy atom. The molecule has 0 aliphatic heterocycles. The first kappa shape index (κ1) is 13.0. The van der Waals surface area contributed by atoms with Gasteiger partial charge in [-0.05, 0) is 12.8 Å². The normalized spacial score (nSPS) is 32.7. The summed E-state index contributed by atoms with van der Waals surface area (Å²) in [5, 5.41) is -0.157. The Hall–Kier alpha value is -0.0800. The third-order valence-corrected chi connectivity index (χ3v) is 3.71. The Labute approximate surface area is 97.3 Å². The third kappa shape index (κ3) is 2.94. The fraction of sp³-hybridized carbons (Fsp3) is 0.917. The van der Waals surface area contributed by atoms with Crippen LogP contribution in [0.5, 0.6) is 0 Å². The molecule has 1 aliphatic rings. The van der Waals surface area contributed by atoms with Crippen molar-refractivity contribution in [2.75, 3.05) is 7.11 Å². The van der Waals surface area contributed by atoms with E-state index in [2.05, 4.69) is 0 Å². The van der Waals surface area contributed by atoms with Crippen molar-refractivity contribution in [3.63, 3.8) is 0 Å². The summed E-state index contributed by atoms with van der Waals surface area (Å²) in [6.45, 7) is 5.86. The van der Waals surface area contributed by atoms with E-state index in [4.69, 9.17) is 16.3 Å². The molecule has 3 heteroatoms. The molecule has 0 aromatic carbocycles. The van der Waals surface area contributed by atoms with E-state index in [9.17, 15) is 4.79 Å². The summed E-state index contributed by atoms with van der Waals surface area (Å²) >= 11 is 6.30. The fourth-order valence-electron chi connectivity index (χ4n) is 2.20. The quantitative estimate of drug-likeness (QED) is 0.685. The number of halogens is 1. The van der Waals surface area contributed by atoms with E-state index >= 15 is 0 Å². The molecule has 0 aromatic heterocycles. The van der Waals surface area contributed by atoms with E-state index < -0.39 is 0 Å². The van der Waals surface area contributed by atoms with Gasteiger partial charge in [0.25, 0.3) is 0 Å². The van der Waals surface area contributed by atoms with Gasteiger partial charge in [0, 0.05) is 18.4 Å². The summed E-state index contributed by atoms with van der Waals surface area (Å²) in [4.78, 5) is 12.2.